The second-order valence-electron chi connectivity index (χ2n) is 8.86. The second-order valence-corrected chi connectivity index (χ2v) is 9.99. The zero-order valence-corrected chi connectivity index (χ0v) is 20.3. The van der Waals surface area contributed by atoms with Gasteiger partial charge in [0.2, 0.25) is 0 Å². The summed E-state index contributed by atoms with van der Waals surface area (Å²) in [7, 11) is 0. The third-order valence-corrected chi connectivity index (χ3v) is 6.46. The van der Waals surface area contributed by atoms with Crippen LogP contribution >= 0.6 is 11.8 Å². The fraction of sp³-hybridized carbons (Fsp3) is 0.480. The Balaban J connectivity index is 1.63. The number of aryl methyl sites for hydroxylation is 1. The van der Waals surface area contributed by atoms with Crippen molar-refractivity contribution in [2.75, 3.05) is 25.6 Å². The smallest absolute Gasteiger partial charge is 0.321 e. The Morgan fingerprint density at radius 2 is 1.78 bits per heavy atom. The number of nitrogens with one attached hydrogen (secondary N) is 1. The van der Waals surface area contributed by atoms with Crippen LogP contribution in [0.5, 0.6) is 17.2 Å². The lowest BCUT2D eigenvalue weighted by atomic mass is 9.86. The van der Waals surface area contributed by atoms with Crippen molar-refractivity contribution in [1.82, 2.24) is 5.32 Å². The van der Waals surface area contributed by atoms with Crippen LogP contribution in [0.1, 0.15) is 49.8 Å². The highest BCUT2D eigenvalue weighted by Gasteiger charge is 2.30. The first-order valence-electron chi connectivity index (χ1n) is 10.9. The Bertz CT molecular complexity index is 940. The monoisotopic (exact) mass is 459 g/mol. The topological polar surface area (TPSA) is 77.0 Å². The lowest BCUT2D eigenvalue weighted by molar-refractivity contribution is -0.138. The predicted octanol–water partition coefficient (Wildman–Crippen LogP) is 4.94. The molecule has 2 atom stereocenters. The van der Waals surface area contributed by atoms with Crippen molar-refractivity contribution < 1.29 is 24.1 Å². The molecule has 0 radical (unpaired) electrons. The molecule has 1 heterocycles. The molecule has 6 nitrogen and oxygen atoms in total. The molecule has 174 valence electrons. The molecule has 0 spiro atoms. The number of benzene rings is 2. The third kappa shape index (κ3) is 6.11. The highest BCUT2D eigenvalue weighted by Crippen LogP contribution is 2.38. The minimum absolute atomic E-state index is 0.00616. The summed E-state index contributed by atoms with van der Waals surface area (Å²) in [6, 6.07) is 11.5. The predicted molar refractivity (Wildman–Crippen MR) is 128 cm³/mol. The summed E-state index contributed by atoms with van der Waals surface area (Å²) in [6.07, 6.45) is 0. The number of ether oxygens (including phenoxy) is 3. The molecule has 2 unspecified atom stereocenters. The van der Waals surface area contributed by atoms with Gasteiger partial charge in [0.25, 0.3) is 0 Å². The number of carbonyl (C=O) groups is 1. The molecule has 0 bridgehead atoms. The molecular formula is C25H33NO5S. The lowest BCUT2D eigenvalue weighted by Gasteiger charge is -2.23. The molecule has 0 saturated carbocycles. The minimum Gasteiger partial charge on any atom is -0.490 e. The molecule has 32 heavy (non-hydrogen) atoms. The summed E-state index contributed by atoms with van der Waals surface area (Å²) in [5, 5.41) is 12.3. The zero-order valence-electron chi connectivity index (χ0n) is 19.4. The van der Waals surface area contributed by atoms with E-state index >= 15 is 0 Å². The summed E-state index contributed by atoms with van der Waals surface area (Å²) >= 11 is 1.58. The zero-order chi connectivity index (χ0) is 23.3. The summed E-state index contributed by atoms with van der Waals surface area (Å²) < 4.78 is 17.8. The van der Waals surface area contributed by atoms with E-state index in [9.17, 15) is 9.90 Å². The summed E-state index contributed by atoms with van der Waals surface area (Å²) in [4.78, 5) is 11.2. The van der Waals surface area contributed by atoms with Gasteiger partial charge in [-0.3, -0.25) is 10.1 Å². The van der Waals surface area contributed by atoms with Crippen LogP contribution in [-0.2, 0) is 10.2 Å². The molecule has 0 aromatic heterocycles. The Labute approximate surface area is 194 Å². The maximum Gasteiger partial charge on any atom is 0.321 e. The molecule has 0 aliphatic carbocycles. The van der Waals surface area contributed by atoms with Gasteiger partial charge in [-0.1, -0.05) is 39.0 Å². The fourth-order valence-corrected chi connectivity index (χ4v) is 4.78. The van der Waals surface area contributed by atoms with Crippen LogP contribution in [0.3, 0.4) is 0 Å². The van der Waals surface area contributed by atoms with E-state index in [2.05, 4.69) is 51.2 Å². The molecule has 7 heteroatoms. The number of rotatable bonds is 9. The number of hydrogen-bond acceptors (Lipinski definition) is 6. The van der Waals surface area contributed by atoms with E-state index in [4.69, 9.17) is 14.2 Å². The Morgan fingerprint density at radius 1 is 1.06 bits per heavy atom. The number of carboxylic acid groups (broad SMARTS) is 1. The van der Waals surface area contributed by atoms with Crippen LogP contribution in [0.4, 0.5) is 0 Å². The van der Waals surface area contributed by atoms with Gasteiger partial charge in [0.1, 0.15) is 25.0 Å². The van der Waals surface area contributed by atoms with Crippen molar-refractivity contribution >= 4 is 17.7 Å². The number of aliphatic carboxylic acids is 1. The Morgan fingerprint density at radius 3 is 2.41 bits per heavy atom. The van der Waals surface area contributed by atoms with Crippen molar-refractivity contribution in [3.63, 3.8) is 0 Å². The van der Waals surface area contributed by atoms with E-state index in [-0.39, 0.29) is 10.8 Å². The standard InChI is InChI=1S/C25H33NO5S/c1-6-29-22-14-17(23-26-19(15-32-23)24(27)28)8-10-20(22)30-11-12-31-21-13-16(2)7-9-18(21)25(3,4)5/h7-10,13-14,19,23,26H,6,11-12,15H2,1-5H3,(H,27,28). The van der Waals surface area contributed by atoms with Crippen molar-refractivity contribution in [2.24, 2.45) is 0 Å². The maximum absolute atomic E-state index is 11.2. The molecule has 2 N–H and O–H groups in total. The van der Waals surface area contributed by atoms with Crippen LogP contribution in [0.15, 0.2) is 36.4 Å². The van der Waals surface area contributed by atoms with E-state index in [0.29, 0.717) is 37.1 Å². The molecule has 3 rings (SSSR count). The SMILES string of the molecule is CCOc1cc(C2NC(C(=O)O)CS2)ccc1OCCOc1cc(C)ccc1C(C)(C)C. The van der Waals surface area contributed by atoms with E-state index in [1.54, 1.807) is 11.8 Å². The third-order valence-electron chi connectivity index (χ3n) is 5.19. The number of hydrogen-bond donors (Lipinski definition) is 2. The highest BCUT2D eigenvalue weighted by molar-refractivity contribution is 7.99. The molecular weight excluding hydrogens is 426 g/mol. The van der Waals surface area contributed by atoms with E-state index in [1.165, 1.54) is 5.56 Å². The van der Waals surface area contributed by atoms with E-state index in [0.717, 1.165) is 16.9 Å². The van der Waals surface area contributed by atoms with Gasteiger partial charge in [0.15, 0.2) is 11.5 Å². The average Bonchev–Trinajstić information content (AvgIpc) is 3.22. The lowest BCUT2D eigenvalue weighted by Crippen LogP contribution is -2.33. The van der Waals surface area contributed by atoms with Crippen LogP contribution in [-0.4, -0.2) is 42.7 Å². The van der Waals surface area contributed by atoms with Crippen LogP contribution in [0.25, 0.3) is 0 Å². The highest BCUT2D eigenvalue weighted by atomic mass is 32.2. The number of thioether (sulfide) groups is 1. The van der Waals surface area contributed by atoms with Crippen LogP contribution < -0.4 is 19.5 Å². The van der Waals surface area contributed by atoms with Gasteiger partial charge in [-0.25, -0.2) is 0 Å². The molecule has 1 aliphatic heterocycles. The van der Waals surface area contributed by atoms with Gasteiger partial charge in [-0.05, 0) is 54.2 Å². The van der Waals surface area contributed by atoms with Crippen molar-refractivity contribution in [1.29, 1.82) is 0 Å². The van der Waals surface area contributed by atoms with E-state index in [1.807, 2.05) is 25.1 Å². The molecule has 2 aromatic carbocycles. The first-order chi connectivity index (χ1) is 15.2. The molecule has 1 saturated heterocycles. The summed E-state index contributed by atoms with van der Waals surface area (Å²) in [5.74, 6) is 1.90. The molecule has 1 fully saturated rings. The normalized spacial score (nSPS) is 18.4. The maximum atomic E-state index is 11.2. The first-order valence-corrected chi connectivity index (χ1v) is 12.0. The van der Waals surface area contributed by atoms with Crippen molar-refractivity contribution in [3.8, 4) is 17.2 Å². The molecule has 2 aromatic rings. The largest absolute Gasteiger partial charge is 0.490 e. The van der Waals surface area contributed by atoms with Gasteiger partial charge in [-0.2, -0.15) is 0 Å². The van der Waals surface area contributed by atoms with Crippen molar-refractivity contribution in [3.05, 3.63) is 53.1 Å². The summed E-state index contributed by atoms with van der Waals surface area (Å²) in [5.41, 5.74) is 3.30. The number of carboxylic acids is 1. The fourth-order valence-electron chi connectivity index (χ4n) is 3.55. The average molecular weight is 460 g/mol. The van der Waals surface area contributed by atoms with Gasteiger partial charge < -0.3 is 19.3 Å². The van der Waals surface area contributed by atoms with Gasteiger partial charge >= 0.3 is 5.97 Å². The van der Waals surface area contributed by atoms with Crippen LogP contribution in [0, 0.1) is 6.92 Å². The Hall–Kier alpha value is -2.38. The molecule has 1 aliphatic rings. The molecule has 0 amide bonds. The van der Waals surface area contributed by atoms with Crippen molar-refractivity contribution in [2.45, 2.75) is 51.4 Å². The van der Waals surface area contributed by atoms with Gasteiger partial charge in [0.05, 0.1) is 12.0 Å². The van der Waals surface area contributed by atoms with Crippen LogP contribution in [0.2, 0.25) is 0 Å². The quantitative estimate of drug-likeness (QED) is 0.515. The van der Waals surface area contributed by atoms with E-state index < -0.39 is 12.0 Å². The summed E-state index contributed by atoms with van der Waals surface area (Å²) in [6.45, 7) is 11.8. The second kappa shape index (κ2) is 10.5. The van der Waals surface area contributed by atoms with Gasteiger partial charge in [-0.15, -0.1) is 11.8 Å². The first kappa shape index (κ1) is 24.3. The Kier molecular flexibility index (Phi) is 7.96. The minimum atomic E-state index is -0.826. The van der Waals surface area contributed by atoms with Gasteiger partial charge in [0, 0.05) is 5.75 Å².